The van der Waals surface area contributed by atoms with Crippen LogP contribution < -0.4 is 0 Å². The van der Waals surface area contributed by atoms with E-state index in [1.165, 1.54) is 11.1 Å². The number of fused-ring (bicyclic) bond motifs is 1. The molecule has 3 rings (SSSR count). The molecule has 0 aliphatic heterocycles. The molecule has 1 aromatic carbocycles. The van der Waals surface area contributed by atoms with Crippen molar-refractivity contribution in [3.63, 3.8) is 0 Å². The zero-order valence-corrected chi connectivity index (χ0v) is 13.1. The fourth-order valence-electron chi connectivity index (χ4n) is 2.63. The fraction of sp³-hybridized carbons (Fsp3) is 0.375. The third kappa shape index (κ3) is 2.95. The van der Waals surface area contributed by atoms with Gasteiger partial charge in [-0.1, -0.05) is 6.07 Å². The maximum atomic E-state index is 5.92. The van der Waals surface area contributed by atoms with Crippen LogP contribution in [0, 0.1) is 6.92 Å². The molecule has 0 aliphatic rings. The first kappa shape index (κ1) is 14.1. The van der Waals surface area contributed by atoms with Crippen LogP contribution in [0.25, 0.3) is 11.0 Å². The molecule has 0 saturated carbocycles. The van der Waals surface area contributed by atoms with Crippen molar-refractivity contribution in [1.29, 1.82) is 0 Å². The van der Waals surface area contributed by atoms with E-state index in [1.807, 2.05) is 17.9 Å². The largest absolute Gasteiger partial charge is 0.328 e. The monoisotopic (exact) mass is 302 g/mol. The van der Waals surface area contributed by atoms with Gasteiger partial charge in [-0.15, -0.1) is 11.6 Å². The first-order valence-electron chi connectivity index (χ1n) is 7.17. The average molecular weight is 303 g/mol. The smallest absolute Gasteiger partial charge is 0.111 e. The second-order valence-corrected chi connectivity index (χ2v) is 5.72. The van der Waals surface area contributed by atoms with Gasteiger partial charge in [0.2, 0.25) is 0 Å². The summed E-state index contributed by atoms with van der Waals surface area (Å²) in [5.41, 5.74) is 4.58. The van der Waals surface area contributed by atoms with Gasteiger partial charge in [-0.25, -0.2) is 4.98 Å². The molecule has 0 spiro atoms. The fourth-order valence-corrected chi connectivity index (χ4v) is 2.80. The van der Waals surface area contributed by atoms with Crippen LogP contribution in [0.15, 0.2) is 30.5 Å². The molecule has 0 aliphatic carbocycles. The van der Waals surface area contributed by atoms with Crippen LogP contribution in [-0.2, 0) is 26.4 Å². The van der Waals surface area contributed by atoms with E-state index < -0.39 is 0 Å². The average Bonchev–Trinajstić information content (AvgIpc) is 3.01. The molecule has 0 radical (unpaired) electrons. The zero-order valence-electron chi connectivity index (χ0n) is 12.4. The first-order chi connectivity index (χ1) is 10.2. The number of rotatable bonds is 5. The molecule has 0 bridgehead atoms. The summed E-state index contributed by atoms with van der Waals surface area (Å²) in [6.07, 6.45) is 3.66. The zero-order chi connectivity index (χ0) is 14.8. The molecule has 0 saturated heterocycles. The standard InChI is InChI=1S/C16H19ClN4/c1-12-3-4-14-15(11-12)21(16(18-14)5-8-17)10-7-13-6-9-20(2)19-13/h3-4,6,9,11H,5,7-8,10H2,1-2H3. The predicted molar refractivity (Wildman–Crippen MR) is 85.8 cm³/mol. The molecule has 2 aromatic heterocycles. The van der Waals surface area contributed by atoms with Crippen LogP contribution in [-0.4, -0.2) is 25.2 Å². The van der Waals surface area contributed by atoms with E-state index >= 15 is 0 Å². The second-order valence-electron chi connectivity index (χ2n) is 5.34. The molecule has 0 unspecified atom stereocenters. The van der Waals surface area contributed by atoms with E-state index in [0.717, 1.165) is 36.4 Å². The minimum Gasteiger partial charge on any atom is -0.328 e. The van der Waals surface area contributed by atoms with Crippen LogP contribution in [0.3, 0.4) is 0 Å². The Morgan fingerprint density at radius 3 is 2.76 bits per heavy atom. The number of nitrogens with zero attached hydrogens (tertiary/aromatic N) is 4. The summed E-state index contributed by atoms with van der Waals surface area (Å²) in [5, 5.41) is 4.44. The van der Waals surface area contributed by atoms with Crippen LogP contribution in [0.1, 0.15) is 17.1 Å². The summed E-state index contributed by atoms with van der Waals surface area (Å²) in [4.78, 5) is 4.71. The van der Waals surface area contributed by atoms with Crippen LogP contribution in [0.5, 0.6) is 0 Å². The molecule has 0 amide bonds. The number of alkyl halides is 1. The maximum absolute atomic E-state index is 5.92. The summed E-state index contributed by atoms with van der Waals surface area (Å²) < 4.78 is 4.12. The van der Waals surface area contributed by atoms with Gasteiger partial charge in [0.1, 0.15) is 5.82 Å². The number of aromatic nitrogens is 4. The van der Waals surface area contributed by atoms with Crippen LogP contribution in [0.4, 0.5) is 0 Å². The molecule has 110 valence electrons. The topological polar surface area (TPSA) is 35.6 Å². The third-order valence-electron chi connectivity index (χ3n) is 3.66. The van der Waals surface area contributed by atoms with Crippen molar-refractivity contribution >= 4 is 22.6 Å². The molecular weight excluding hydrogens is 284 g/mol. The molecule has 5 heteroatoms. The molecule has 0 fully saturated rings. The van der Waals surface area contributed by atoms with Gasteiger partial charge in [0.15, 0.2) is 0 Å². The van der Waals surface area contributed by atoms with Crippen molar-refractivity contribution < 1.29 is 0 Å². The Morgan fingerprint density at radius 1 is 1.19 bits per heavy atom. The number of benzene rings is 1. The van der Waals surface area contributed by atoms with E-state index in [4.69, 9.17) is 16.6 Å². The van der Waals surface area contributed by atoms with Crippen molar-refractivity contribution in [2.75, 3.05) is 5.88 Å². The first-order valence-corrected chi connectivity index (χ1v) is 7.71. The van der Waals surface area contributed by atoms with Gasteiger partial charge in [0.05, 0.1) is 16.7 Å². The van der Waals surface area contributed by atoms with Gasteiger partial charge < -0.3 is 4.57 Å². The lowest BCUT2D eigenvalue weighted by atomic mass is 10.2. The Balaban J connectivity index is 1.94. The van der Waals surface area contributed by atoms with E-state index in [0.29, 0.717) is 5.88 Å². The van der Waals surface area contributed by atoms with Crippen molar-refractivity contribution in [3.8, 4) is 0 Å². The van der Waals surface area contributed by atoms with E-state index in [2.05, 4.69) is 40.9 Å². The summed E-state index contributed by atoms with van der Waals surface area (Å²) in [6, 6.07) is 8.44. The highest BCUT2D eigenvalue weighted by Gasteiger charge is 2.11. The number of hydrogen-bond acceptors (Lipinski definition) is 2. The SMILES string of the molecule is Cc1ccc2nc(CCCl)n(CCc3ccn(C)n3)c2c1. The predicted octanol–water partition coefficient (Wildman–Crippen LogP) is 3.10. The Bertz CT molecular complexity index is 757. The Kier molecular flexibility index (Phi) is 3.97. The highest BCUT2D eigenvalue weighted by Crippen LogP contribution is 2.19. The van der Waals surface area contributed by atoms with Crippen LogP contribution >= 0.6 is 11.6 Å². The summed E-state index contributed by atoms with van der Waals surface area (Å²) in [5.74, 6) is 1.65. The normalized spacial score (nSPS) is 11.4. The molecule has 0 N–H and O–H groups in total. The quantitative estimate of drug-likeness (QED) is 0.679. The molecule has 21 heavy (non-hydrogen) atoms. The number of imidazole rings is 1. The number of hydrogen-bond donors (Lipinski definition) is 0. The van der Waals surface area contributed by atoms with E-state index in [1.54, 1.807) is 0 Å². The Morgan fingerprint density at radius 2 is 2.05 bits per heavy atom. The second kappa shape index (κ2) is 5.90. The molecule has 0 atom stereocenters. The molecule has 4 nitrogen and oxygen atoms in total. The lowest BCUT2D eigenvalue weighted by molar-refractivity contribution is 0.651. The number of halogens is 1. The van der Waals surface area contributed by atoms with E-state index in [9.17, 15) is 0 Å². The maximum Gasteiger partial charge on any atom is 0.111 e. The molecular formula is C16H19ClN4. The molecule has 3 aromatic rings. The minimum absolute atomic E-state index is 0.589. The summed E-state index contributed by atoms with van der Waals surface area (Å²) >= 11 is 5.92. The van der Waals surface area contributed by atoms with Crippen LogP contribution in [0.2, 0.25) is 0 Å². The van der Waals surface area contributed by atoms with Gasteiger partial charge >= 0.3 is 0 Å². The van der Waals surface area contributed by atoms with Gasteiger partial charge in [-0.2, -0.15) is 5.10 Å². The minimum atomic E-state index is 0.589. The van der Waals surface area contributed by atoms with Crippen molar-refractivity contribution in [1.82, 2.24) is 19.3 Å². The highest BCUT2D eigenvalue weighted by molar-refractivity contribution is 6.17. The highest BCUT2D eigenvalue weighted by atomic mass is 35.5. The summed E-state index contributed by atoms with van der Waals surface area (Å²) in [7, 11) is 1.94. The number of aryl methyl sites for hydroxylation is 5. The lowest BCUT2D eigenvalue weighted by Crippen LogP contribution is -2.07. The van der Waals surface area contributed by atoms with Gasteiger partial charge in [-0.3, -0.25) is 4.68 Å². The van der Waals surface area contributed by atoms with Crippen molar-refractivity contribution in [3.05, 3.63) is 47.5 Å². The Labute approximate surface area is 129 Å². The van der Waals surface area contributed by atoms with Crippen molar-refractivity contribution in [2.24, 2.45) is 7.05 Å². The van der Waals surface area contributed by atoms with Gasteiger partial charge in [-0.05, 0) is 30.7 Å². The summed E-state index contributed by atoms with van der Waals surface area (Å²) in [6.45, 7) is 2.99. The van der Waals surface area contributed by atoms with Gasteiger partial charge in [0.25, 0.3) is 0 Å². The molecule has 2 heterocycles. The van der Waals surface area contributed by atoms with Gasteiger partial charge in [0, 0.05) is 38.5 Å². The van der Waals surface area contributed by atoms with Crippen molar-refractivity contribution in [2.45, 2.75) is 26.3 Å². The third-order valence-corrected chi connectivity index (χ3v) is 3.85. The Hall–Kier alpha value is -1.81. The van der Waals surface area contributed by atoms with E-state index in [-0.39, 0.29) is 0 Å². The lowest BCUT2D eigenvalue weighted by Gasteiger charge is -2.07.